The van der Waals surface area contributed by atoms with Crippen LogP contribution in [-0.2, 0) is 18.0 Å². The summed E-state index contributed by atoms with van der Waals surface area (Å²) in [4.78, 5) is 30.3. The van der Waals surface area contributed by atoms with Crippen LogP contribution < -0.4 is 20.1 Å². The van der Waals surface area contributed by atoms with Gasteiger partial charge in [-0.2, -0.15) is 4.98 Å². The molecule has 4 aromatic rings. The Bertz CT molecular complexity index is 1520. The van der Waals surface area contributed by atoms with Gasteiger partial charge in [-0.25, -0.2) is 13.6 Å². The van der Waals surface area contributed by atoms with Crippen molar-refractivity contribution in [2.45, 2.75) is 45.9 Å². The number of methoxy groups -OCH3 is 1. The first-order chi connectivity index (χ1) is 19.6. The summed E-state index contributed by atoms with van der Waals surface area (Å²) in [5, 5.41) is 5.67. The largest absolute Gasteiger partial charge is 0.485 e. The van der Waals surface area contributed by atoms with Crippen LogP contribution in [0.5, 0.6) is 11.6 Å². The van der Waals surface area contributed by atoms with Gasteiger partial charge in [0.05, 0.1) is 18.2 Å². The summed E-state index contributed by atoms with van der Waals surface area (Å²) in [5.74, 6) is -1.72. The SMILES string of the molecule is CCC(C)(CNC(=O)c1c(OC)nc2c(OCc3c(F)cccc3F)cc(C)cn12)NC(=O)OCc1ccccc1. The summed E-state index contributed by atoms with van der Waals surface area (Å²) in [5.41, 5.74) is 0.847. The molecule has 2 heterocycles. The minimum absolute atomic E-state index is 0.0310. The molecule has 41 heavy (non-hydrogen) atoms. The number of hydrogen-bond donors (Lipinski definition) is 2. The van der Waals surface area contributed by atoms with E-state index < -0.39 is 29.2 Å². The maximum atomic E-state index is 14.1. The molecule has 0 saturated carbocycles. The molecule has 0 aliphatic heterocycles. The second-order valence-electron chi connectivity index (χ2n) is 9.82. The zero-order valence-corrected chi connectivity index (χ0v) is 23.3. The predicted octanol–water partition coefficient (Wildman–Crippen LogP) is 5.33. The lowest BCUT2D eigenvalue weighted by atomic mass is 9.99. The zero-order valence-electron chi connectivity index (χ0n) is 23.3. The van der Waals surface area contributed by atoms with E-state index in [1.54, 1.807) is 26.1 Å². The third-order valence-corrected chi connectivity index (χ3v) is 6.67. The van der Waals surface area contributed by atoms with Gasteiger partial charge in [0, 0.05) is 12.7 Å². The number of nitrogens with zero attached hydrogens (tertiary/aromatic N) is 2. The van der Waals surface area contributed by atoms with Crippen LogP contribution in [0.15, 0.2) is 60.8 Å². The van der Waals surface area contributed by atoms with Crippen molar-refractivity contribution in [1.82, 2.24) is 20.0 Å². The zero-order chi connectivity index (χ0) is 29.6. The standard InChI is InChI=1S/C30H32F2N4O5/c1-5-30(3,35-29(38)41-16-20-10-7-6-8-11-20)18-33-27(37)25-28(39-4)34-26-24(14-19(2)15-36(25)26)40-17-21-22(31)12-9-13-23(21)32/h6-15H,5,16-18H2,1-4H3,(H,33,37)(H,35,38). The number of alkyl carbamates (subject to hydrolysis) is 1. The molecule has 9 nitrogen and oxygen atoms in total. The Hall–Kier alpha value is -4.67. The Labute approximate surface area is 236 Å². The van der Waals surface area contributed by atoms with E-state index in [9.17, 15) is 18.4 Å². The fraction of sp³-hybridized carbons (Fsp3) is 0.300. The number of fused-ring (bicyclic) bond motifs is 1. The van der Waals surface area contributed by atoms with Gasteiger partial charge in [0.25, 0.3) is 5.91 Å². The van der Waals surface area contributed by atoms with Crippen molar-refractivity contribution >= 4 is 17.6 Å². The van der Waals surface area contributed by atoms with Crippen LogP contribution in [0.3, 0.4) is 0 Å². The summed E-state index contributed by atoms with van der Waals surface area (Å²) >= 11 is 0. The van der Waals surface area contributed by atoms with Gasteiger partial charge in [-0.05, 0) is 49.6 Å². The summed E-state index contributed by atoms with van der Waals surface area (Å²) < 4.78 is 46.3. The Balaban J connectivity index is 1.49. The van der Waals surface area contributed by atoms with Gasteiger partial charge in [-0.15, -0.1) is 0 Å². The summed E-state index contributed by atoms with van der Waals surface area (Å²) in [6.45, 7) is 5.27. The number of ether oxygens (including phenoxy) is 3. The lowest BCUT2D eigenvalue weighted by Crippen LogP contribution is -2.53. The van der Waals surface area contributed by atoms with E-state index in [4.69, 9.17) is 14.2 Å². The third-order valence-electron chi connectivity index (χ3n) is 6.67. The number of amides is 2. The van der Waals surface area contributed by atoms with E-state index in [0.717, 1.165) is 17.7 Å². The minimum atomic E-state index is -0.814. The van der Waals surface area contributed by atoms with Gasteiger partial charge in [0.15, 0.2) is 17.1 Å². The Morgan fingerprint density at radius 1 is 1.05 bits per heavy atom. The molecule has 1 unspecified atom stereocenters. The molecule has 0 fully saturated rings. The van der Waals surface area contributed by atoms with Crippen molar-refractivity contribution in [2.75, 3.05) is 13.7 Å². The number of pyridine rings is 1. The summed E-state index contributed by atoms with van der Waals surface area (Å²) in [6, 6.07) is 14.5. The number of imidazole rings is 1. The number of nitrogens with one attached hydrogen (secondary N) is 2. The number of hydrogen-bond acceptors (Lipinski definition) is 6. The second-order valence-corrected chi connectivity index (χ2v) is 9.82. The van der Waals surface area contributed by atoms with Crippen LogP contribution in [0.2, 0.25) is 0 Å². The van der Waals surface area contributed by atoms with Crippen LogP contribution in [-0.4, -0.2) is 40.6 Å². The van der Waals surface area contributed by atoms with Crippen LogP contribution in [0.25, 0.3) is 5.65 Å². The molecule has 11 heteroatoms. The molecule has 2 N–H and O–H groups in total. The molecular formula is C30H32F2N4O5. The fourth-order valence-electron chi connectivity index (χ4n) is 4.12. The average molecular weight is 567 g/mol. The topological polar surface area (TPSA) is 103 Å². The molecule has 2 aromatic heterocycles. The van der Waals surface area contributed by atoms with Gasteiger partial charge in [0.2, 0.25) is 5.88 Å². The average Bonchev–Trinajstić information content (AvgIpc) is 3.33. The Morgan fingerprint density at radius 3 is 2.41 bits per heavy atom. The highest BCUT2D eigenvalue weighted by atomic mass is 19.1. The van der Waals surface area contributed by atoms with Gasteiger partial charge >= 0.3 is 6.09 Å². The maximum Gasteiger partial charge on any atom is 0.407 e. The lowest BCUT2D eigenvalue weighted by Gasteiger charge is -2.29. The normalized spacial score (nSPS) is 12.4. The number of rotatable bonds is 11. The monoisotopic (exact) mass is 566 g/mol. The second kappa shape index (κ2) is 12.7. The summed E-state index contributed by atoms with van der Waals surface area (Å²) in [6.07, 6.45) is 1.57. The minimum Gasteiger partial charge on any atom is -0.485 e. The maximum absolute atomic E-state index is 14.1. The molecule has 0 spiro atoms. The Morgan fingerprint density at radius 2 is 1.76 bits per heavy atom. The molecule has 0 aliphatic rings. The number of aryl methyl sites for hydroxylation is 1. The van der Waals surface area contributed by atoms with Gasteiger partial charge in [-0.3, -0.25) is 9.20 Å². The molecular weight excluding hydrogens is 534 g/mol. The van der Waals surface area contributed by atoms with Crippen LogP contribution in [0, 0.1) is 18.6 Å². The van der Waals surface area contributed by atoms with E-state index in [2.05, 4.69) is 15.6 Å². The van der Waals surface area contributed by atoms with Crippen molar-refractivity contribution in [3.63, 3.8) is 0 Å². The van der Waals surface area contributed by atoms with E-state index in [0.29, 0.717) is 12.0 Å². The van der Waals surface area contributed by atoms with Crippen molar-refractivity contribution in [3.05, 3.63) is 94.8 Å². The molecule has 0 saturated heterocycles. The Kier molecular flexibility index (Phi) is 9.06. The first-order valence-corrected chi connectivity index (χ1v) is 13.0. The smallest absolute Gasteiger partial charge is 0.407 e. The highest BCUT2D eigenvalue weighted by Gasteiger charge is 2.29. The van der Waals surface area contributed by atoms with Crippen LogP contribution in [0.4, 0.5) is 13.6 Å². The molecule has 4 rings (SSSR count). The summed E-state index contributed by atoms with van der Waals surface area (Å²) in [7, 11) is 1.38. The number of benzene rings is 2. The van der Waals surface area contributed by atoms with Crippen LogP contribution in [0.1, 0.15) is 47.4 Å². The third kappa shape index (κ3) is 6.92. The van der Waals surface area contributed by atoms with Crippen molar-refractivity contribution in [1.29, 1.82) is 0 Å². The molecule has 1 atom stereocenters. The van der Waals surface area contributed by atoms with Gasteiger partial charge in [-0.1, -0.05) is 43.3 Å². The van der Waals surface area contributed by atoms with Crippen molar-refractivity contribution in [3.8, 4) is 11.6 Å². The fourth-order valence-corrected chi connectivity index (χ4v) is 4.12. The number of halogens is 2. The lowest BCUT2D eigenvalue weighted by molar-refractivity contribution is 0.0920. The van der Waals surface area contributed by atoms with Gasteiger partial charge in [0.1, 0.15) is 24.8 Å². The van der Waals surface area contributed by atoms with Crippen molar-refractivity contribution < 1.29 is 32.6 Å². The number of carbonyl (C=O) groups is 2. The highest BCUT2D eigenvalue weighted by Crippen LogP contribution is 2.29. The first kappa shape index (κ1) is 29.3. The molecule has 0 aliphatic carbocycles. The number of aromatic nitrogens is 2. The van der Waals surface area contributed by atoms with Crippen LogP contribution >= 0.6 is 0 Å². The quantitative estimate of drug-likeness (QED) is 0.254. The molecule has 2 amide bonds. The molecule has 0 bridgehead atoms. The van der Waals surface area contributed by atoms with E-state index in [1.807, 2.05) is 37.3 Å². The van der Waals surface area contributed by atoms with E-state index in [1.165, 1.54) is 17.6 Å². The van der Waals surface area contributed by atoms with Gasteiger partial charge < -0.3 is 24.8 Å². The molecule has 216 valence electrons. The van der Waals surface area contributed by atoms with E-state index in [-0.39, 0.29) is 48.3 Å². The van der Waals surface area contributed by atoms with E-state index >= 15 is 0 Å². The molecule has 2 aromatic carbocycles. The first-order valence-electron chi connectivity index (χ1n) is 13.0. The molecule has 0 radical (unpaired) electrons. The predicted molar refractivity (Wildman–Crippen MR) is 148 cm³/mol. The number of carbonyl (C=O) groups excluding carboxylic acids is 2. The highest BCUT2D eigenvalue weighted by molar-refractivity contribution is 5.96. The van der Waals surface area contributed by atoms with Crippen molar-refractivity contribution in [2.24, 2.45) is 0 Å².